The Kier molecular flexibility index (Phi) is 5.73. The normalized spacial score (nSPS) is 14.2. The van der Waals surface area contributed by atoms with Crippen molar-refractivity contribution in [3.63, 3.8) is 0 Å². The summed E-state index contributed by atoms with van der Waals surface area (Å²) in [6.45, 7) is 4.90. The van der Waals surface area contributed by atoms with E-state index >= 15 is 0 Å². The van der Waals surface area contributed by atoms with Gasteiger partial charge in [-0.1, -0.05) is 23.7 Å². The number of carbonyl (C=O) groups is 1. The third-order valence-corrected chi connectivity index (χ3v) is 4.57. The molecule has 7 heteroatoms. The van der Waals surface area contributed by atoms with E-state index in [1.54, 1.807) is 35.2 Å². The van der Waals surface area contributed by atoms with Gasteiger partial charge in [-0.15, -0.1) is 0 Å². The van der Waals surface area contributed by atoms with Gasteiger partial charge in [0.1, 0.15) is 11.5 Å². The molecule has 2 N–H and O–H groups in total. The second kappa shape index (κ2) is 8.19. The van der Waals surface area contributed by atoms with E-state index in [0.717, 1.165) is 5.69 Å². The molecule has 0 atom stereocenters. The maximum atomic E-state index is 12.5. The molecule has 1 saturated heterocycles. The third-order valence-electron chi connectivity index (χ3n) is 4.27. The minimum atomic E-state index is -0.165. The van der Waals surface area contributed by atoms with Crippen LogP contribution in [0, 0.1) is 0 Å². The summed E-state index contributed by atoms with van der Waals surface area (Å²) in [6.07, 6.45) is 0. The lowest BCUT2D eigenvalue weighted by atomic mass is 10.2. The zero-order valence-electron chi connectivity index (χ0n) is 14.6. The third kappa shape index (κ3) is 4.14. The van der Waals surface area contributed by atoms with Gasteiger partial charge in [-0.25, -0.2) is 4.79 Å². The van der Waals surface area contributed by atoms with E-state index in [2.05, 4.69) is 10.2 Å². The summed E-state index contributed by atoms with van der Waals surface area (Å²) in [7, 11) is 0. The zero-order valence-corrected chi connectivity index (χ0v) is 15.4. The van der Waals surface area contributed by atoms with Gasteiger partial charge in [-0.3, -0.25) is 0 Å². The van der Waals surface area contributed by atoms with Gasteiger partial charge >= 0.3 is 6.03 Å². The molecule has 0 bridgehead atoms. The summed E-state index contributed by atoms with van der Waals surface area (Å²) in [5, 5.41) is 13.3. The fraction of sp³-hybridized carbons (Fsp3) is 0.316. The number of para-hydroxylation sites is 2. The fourth-order valence-electron chi connectivity index (χ4n) is 2.94. The maximum Gasteiger partial charge on any atom is 0.321 e. The number of phenolic OH excluding ortho intramolecular Hbond substituents is 1. The molecule has 2 aromatic rings. The van der Waals surface area contributed by atoms with Crippen molar-refractivity contribution in [1.29, 1.82) is 0 Å². The Hall–Kier alpha value is -2.60. The molecule has 1 aliphatic rings. The first kappa shape index (κ1) is 18.2. The number of aromatic hydroxyl groups is 1. The average Bonchev–Trinajstić information content (AvgIpc) is 2.65. The van der Waals surface area contributed by atoms with Gasteiger partial charge in [-0.2, -0.15) is 0 Å². The summed E-state index contributed by atoms with van der Waals surface area (Å²) in [5.74, 6) is 0.859. The minimum Gasteiger partial charge on any atom is -0.506 e. The Morgan fingerprint density at radius 1 is 1.19 bits per heavy atom. The Morgan fingerprint density at radius 2 is 1.92 bits per heavy atom. The Labute approximate surface area is 157 Å². The first-order valence-electron chi connectivity index (χ1n) is 8.59. The quantitative estimate of drug-likeness (QED) is 0.853. The molecular weight excluding hydrogens is 354 g/mol. The number of nitrogens with one attached hydrogen (secondary N) is 1. The predicted molar refractivity (Wildman–Crippen MR) is 104 cm³/mol. The molecule has 0 aromatic heterocycles. The standard InChI is InChI=1S/C19H22ClN3O3/c1-2-26-18-8-7-14(13-15(18)20)21-19(25)23-11-9-22(10-12-23)16-5-3-4-6-17(16)24/h3-8,13,24H,2,9-12H2,1H3,(H,21,25). The molecule has 0 radical (unpaired) electrons. The zero-order chi connectivity index (χ0) is 18.5. The van der Waals surface area contributed by atoms with Crippen molar-refractivity contribution in [2.75, 3.05) is 43.0 Å². The Morgan fingerprint density at radius 3 is 2.58 bits per heavy atom. The van der Waals surface area contributed by atoms with Gasteiger partial charge in [0.05, 0.1) is 17.3 Å². The lowest BCUT2D eigenvalue weighted by molar-refractivity contribution is 0.208. The average molecular weight is 376 g/mol. The van der Waals surface area contributed by atoms with Gasteiger partial charge < -0.3 is 25.0 Å². The molecule has 3 rings (SSSR count). The van der Waals surface area contributed by atoms with Crippen molar-refractivity contribution in [3.8, 4) is 11.5 Å². The van der Waals surface area contributed by atoms with Gasteiger partial charge in [0.2, 0.25) is 0 Å². The number of amides is 2. The number of halogens is 1. The number of piperazine rings is 1. The van der Waals surface area contributed by atoms with Crippen LogP contribution >= 0.6 is 11.6 Å². The maximum absolute atomic E-state index is 12.5. The van der Waals surface area contributed by atoms with Crippen LogP contribution in [0.4, 0.5) is 16.2 Å². The number of carbonyl (C=O) groups excluding carboxylic acids is 1. The van der Waals surface area contributed by atoms with Gasteiger partial charge in [0.25, 0.3) is 0 Å². The van der Waals surface area contributed by atoms with Crippen LogP contribution in [-0.2, 0) is 0 Å². The summed E-state index contributed by atoms with van der Waals surface area (Å²) in [5.41, 5.74) is 1.43. The molecule has 1 heterocycles. The summed E-state index contributed by atoms with van der Waals surface area (Å²) < 4.78 is 5.40. The number of nitrogens with zero attached hydrogens (tertiary/aromatic N) is 2. The molecule has 6 nitrogen and oxygen atoms in total. The lowest BCUT2D eigenvalue weighted by Gasteiger charge is -2.36. The Balaban J connectivity index is 1.57. The number of phenols is 1. The number of rotatable bonds is 4. The van der Waals surface area contributed by atoms with E-state index in [9.17, 15) is 9.90 Å². The van der Waals surface area contributed by atoms with Crippen LogP contribution < -0.4 is 15.0 Å². The van der Waals surface area contributed by atoms with E-state index in [4.69, 9.17) is 16.3 Å². The van der Waals surface area contributed by atoms with Crippen molar-refractivity contribution in [1.82, 2.24) is 4.90 Å². The highest BCUT2D eigenvalue weighted by Gasteiger charge is 2.22. The van der Waals surface area contributed by atoms with Crippen molar-refractivity contribution in [2.45, 2.75) is 6.92 Å². The molecule has 26 heavy (non-hydrogen) atoms. The summed E-state index contributed by atoms with van der Waals surface area (Å²) in [4.78, 5) is 16.3. The van der Waals surface area contributed by atoms with E-state index < -0.39 is 0 Å². The number of urea groups is 1. The van der Waals surface area contributed by atoms with Gasteiger partial charge in [-0.05, 0) is 37.3 Å². The second-order valence-electron chi connectivity index (χ2n) is 5.97. The highest BCUT2D eigenvalue weighted by Crippen LogP contribution is 2.29. The van der Waals surface area contributed by atoms with Crippen molar-refractivity contribution >= 4 is 29.0 Å². The van der Waals surface area contributed by atoms with E-state index in [1.807, 2.05) is 19.1 Å². The van der Waals surface area contributed by atoms with Crippen LogP contribution in [0.2, 0.25) is 5.02 Å². The van der Waals surface area contributed by atoms with Gasteiger partial charge in [0, 0.05) is 31.9 Å². The van der Waals surface area contributed by atoms with E-state index in [1.165, 1.54) is 0 Å². The molecule has 2 aromatic carbocycles. The highest BCUT2D eigenvalue weighted by atomic mass is 35.5. The van der Waals surface area contributed by atoms with Crippen LogP contribution in [0.25, 0.3) is 0 Å². The molecule has 0 unspecified atom stereocenters. The number of hydrogen-bond donors (Lipinski definition) is 2. The molecular formula is C19H22ClN3O3. The van der Waals surface area contributed by atoms with Crippen LogP contribution in [0.3, 0.4) is 0 Å². The lowest BCUT2D eigenvalue weighted by Crippen LogP contribution is -2.50. The molecule has 138 valence electrons. The summed E-state index contributed by atoms with van der Waals surface area (Å²) in [6, 6.07) is 12.3. The molecule has 0 aliphatic carbocycles. The van der Waals surface area contributed by atoms with Crippen LogP contribution in [0.1, 0.15) is 6.92 Å². The largest absolute Gasteiger partial charge is 0.506 e. The molecule has 0 spiro atoms. The topological polar surface area (TPSA) is 65.0 Å². The molecule has 2 amide bonds. The minimum absolute atomic E-state index is 0.165. The molecule has 1 fully saturated rings. The van der Waals surface area contributed by atoms with E-state index in [-0.39, 0.29) is 11.8 Å². The van der Waals surface area contributed by atoms with Crippen molar-refractivity contribution < 1.29 is 14.6 Å². The van der Waals surface area contributed by atoms with E-state index in [0.29, 0.717) is 49.2 Å². The smallest absolute Gasteiger partial charge is 0.321 e. The number of anilines is 2. The predicted octanol–water partition coefficient (Wildman–Crippen LogP) is 3.80. The number of benzene rings is 2. The van der Waals surface area contributed by atoms with Crippen LogP contribution in [0.15, 0.2) is 42.5 Å². The van der Waals surface area contributed by atoms with Crippen LogP contribution in [-0.4, -0.2) is 48.8 Å². The van der Waals surface area contributed by atoms with Crippen molar-refractivity contribution in [3.05, 3.63) is 47.5 Å². The summed E-state index contributed by atoms with van der Waals surface area (Å²) >= 11 is 6.16. The number of hydrogen-bond acceptors (Lipinski definition) is 4. The number of ether oxygens (including phenoxy) is 1. The second-order valence-corrected chi connectivity index (χ2v) is 6.38. The SMILES string of the molecule is CCOc1ccc(NC(=O)N2CCN(c3ccccc3O)CC2)cc1Cl. The highest BCUT2D eigenvalue weighted by molar-refractivity contribution is 6.32. The van der Waals surface area contributed by atoms with Gasteiger partial charge in [0.15, 0.2) is 0 Å². The Bertz CT molecular complexity index is 776. The first-order valence-corrected chi connectivity index (χ1v) is 8.97. The first-order chi connectivity index (χ1) is 12.6. The van der Waals surface area contributed by atoms with Crippen LogP contribution in [0.5, 0.6) is 11.5 Å². The molecule has 0 saturated carbocycles. The fourth-order valence-corrected chi connectivity index (χ4v) is 3.17. The van der Waals surface area contributed by atoms with Crippen molar-refractivity contribution in [2.24, 2.45) is 0 Å². The molecule has 1 aliphatic heterocycles. The monoisotopic (exact) mass is 375 g/mol.